The molecule has 3 rings (SSSR count). The van der Waals surface area contributed by atoms with Gasteiger partial charge in [0.1, 0.15) is 11.0 Å². The average molecular weight is 409 g/mol. The van der Waals surface area contributed by atoms with E-state index >= 15 is 0 Å². The Labute approximate surface area is 176 Å². The molecule has 2 atom stereocenters. The van der Waals surface area contributed by atoms with Crippen LogP contribution in [0.4, 0.5) is 5.69 Å². The second-order valence-electron chi connectivity index (χ2n) is 7.30. The second kappa shape index (κ2) is 9.52. The zero-order valence-corrected chi connectivity index (χ0v) is 17.6. The van der Waals surface area contributed by atoms with Gasteiger partial charge in [-0.2, -0.15) is 0 Å². The van der Waals surface area contributed by atoms with Crippen LogP contribution in [0.3, 0.4) is 0 Å². The summed E-state index contributed by atoms with van der Waals surface area (Å²) in [6, 6.07) is 9.56. The molecule has 1 unspecified atom stereocenters. The van der Waals surface area contributed by atoms with Gasteiger partial charge in [0.15, 0.2) is 0 Å². The van der Waals surface area contributed by atoms with E-state index in [0.717, 1.165) is 29.1 Å². The van der Waals surface area contributed by atoms with Gasteiger partial charge in [-0.25, -0.2) is 4.99 Å². The van der Waals surface area contributed by atoms with E-state index < -0.39 is 0 Å². The Kier molecular flexibility index (Phi) is 6.83. The molecule has 1 amide bonds. The van der Waals surface area contributed by atoms with E-state index in [-0.39, 0.29) is 11.9 Å². The Morgan fingerprint density at radius 1 is 1.28 bits per heavy atom. The quantitative estimate of drug-likeness (QED) is 0.699. The molecule has 1 aliphatic heterocycles. The molecule has 0 saturated carbocycles. The molecule has 6 heteroatoms. The first-order chi connectivity index (χ1) is 13.9. The van der Waals surface area contributed by atoms with Gasteiger partial charge in [0.2, 0.25) is 0 Å². The number of hydrogen-bond acceptors (Lipinski definition) is 4. The first-order valence-electron chi connectivity index (χ1n) is 9.63. The SMILES string of the molecule is Cc1cncc(C(=O)Nc2cccc([C@H](C)NC3=CC(C)C/C=C/C(Cl)=N3)c2)c1. The average Bonchev–Trinajstić information content (AvgIpc) is 2.67. The lowest BCUT2D eigenvalue weighted by molar-refractivity contribution is 0.102. The minimum Gasteiger partial charge on any atom is -0.364 e. The van der Waals surface area contributed by atoms with E-state index in [1.807, 2.05) is 49.4 Å². The van der Waals surface area contributed by atoms with Crippen molar-refractivity contribution in [3.8, 4) is 0 Å². The number of pyridine rings is 1. The Morgan fingerprint density at radius 3 is 2.90 bits per heavy atom. The van der Waals surface area contributed by atoms with Crippen molar-refractivity contribution in [2.24, 2.45) is 10.9 Å². The number of rotatable bonds is 5. The number of nitrogens with zero attached hydrogens (tertiary/aromatic N) is 2. The topological polar surface area (TPSA) is 66.4 Å². The third-order valence-corrected chi connectivity index (χ3v) is 4.79. The van der Waals surface area contributed by atoms with Gasteiger partial charge in [0.05, 0.1) is 11.6 Å². The van der Waals surface area contributed by atoms with Crippen LogP contribution in [-0.4, -0.2) is 16.1 Å². The number of benzene rings is 1. The van der Waals surface area contributed by atoms with Gasteiger partial charge >= 0.3 is 0 Å². The summed E-state index contributed by atoms with van der Waals surface area (Å²) < 4.78 is 0. The summed E-state index contributed by atoms with van der Waals surface area (Å²) >= 11 is 6.15. The highest BCUT2D eigenvalue weighted by molar-refractivity contribution is 6.68. The molecule has 1 aliphatic rings. The molecule has 0 saturated heterocycles. The Morgan fingerprint density at radius 2 is 2.10 bits per heavy atom. The van der Waals surface area contributed by atoms with Crippen molar-refractivity contribution < 1.29 is 4.79 Å². The van der Waals surface area contributed by atoms with Gasteiger partial charge in [0, 0.05) is 18.1 Å². The molecule has 5 nitrogen and oxygen atoms in total. The standard InChI is InChI=1S/C23H25ClN4O/c1-15-6-4-9-21(24)28-22(11-15)26-17(3)18-7-5-8-20(12-18)27-23(29)19-10-16(2)13-25-14-19/h4-5,7-15,17,26H,6H2,1-3H3,(H,27,29)/b9-4+,22-11?,28-21?/t15?,17-/m0/s1. The number of aromatic nitrogens is 1. The zero-order chi connectivity index (χ0) is 20.8. The zero-order valence-electron chi connectivity index (χ0n) is 16.8. The number of aliphatic imine (C=N–C) groups is 1. The first-order valence-corrected chi connectivity index (χ1v) is 10.0. The fraction of sp³-hybridized carbons (Fsp3) is 0.261. The van der Waals surface area contributed by atoms with E-state index in [9.17, 15) is 4.79 Å². The minimum atomic E-state index is -0.182. The molecule has 2 N–H and O–H groups in total. The lowest BCUT2D eigenvalue weighted by Gasteiger charge is -2.19. The van der Waals surface area contributed by atoms with Gasteiger partial charge < -0.3 is 10.6 Å². The van der Waals surface area contributed by atoms with Crippen LogP contribution >= 0.6 is 11.6 Å². The van der Waals surface area contributed by atoms with Crippen molar-refractivity contribution >= 4 is 28.4 Å². The Balaban J connectivity index is 1.73. The summed E-state index contributed by atoms with van der Waals surface area (Å²) in [5, 5.41) is 6.81. The summed E-state index contributed by atoms with van der Waals surface area (Å²) in [7, 11) is 0. The van der Waals surface area contributed by atoms with E-state index in [0.29, 0.717) is 16.7 Å². The normalized spacial score (nSPS) is 18.6. The fourth-order valence-corrected chi connectivity index (χ4v) is 3.24. The number of aryl methyl sites for hydroxylation is 1. The van der Waals surface area contributed by atoms with Crippen LogP contribution in [0.15, 0.2) is 71.8 Å². The number of carbonyl (C=O) groups excluding carboxylic acids is 1. The van der Waals surface area contributed by atoms with Gasteiger partial charge in [-0.05, 0) is 67.7 Å². The maximum atomic E-state index is 12.5. The predicted molar refractivity (Wildman–Crippen MR) is 119 cm³/mol. The molecule has 29 heavy (non-hydrogen) atoms. The Bertz CT molecular complexity index is 980. The third-order valence-electron chi connectivity index (χ3n) is 4.58. The molecule has 150 valence electrons. The van der Waals surface area contributed by atoms with Crippen molar-refractivity contribution in [1.29, 1.82) is 0 Å². The lowest BCUT2D eigenvalue weighted by atomic mass is 10.1. The molecule has 0 bridgehead atoms. The summed E-state index contributed by atoms with van der Waals surface area (Å²) in [4.78, 5) is 21.0. The molecular formula is C23H25ClN4O. The monoisotopic (exact) mass is 408 g/mol. The molecular weight excluding hydrogens is 384 g/mol. The largest absolute Gasteiger partial charge is 0.364 e. The summed E-state index contributed by atoms with van der Waals surface area (Å²) in [5.41, 5.74) is 3.24. The number of allylic oxidation sites excluding steroid dienone is 3. The van der Waals surface area contributed by atoms with E-state index in [4.69, 9.17) is 11.6 Å². The maximum Gasteiger partial charge on any atom is 0.257 e. The highest BCUT2D eigenvalue weighted by Crippen LogP contribution is 2.21. The number of anilines is 1. The molecule has 0 aliphatic carbocycles. The van der Waals surface area contributed by atoms with Crippen molar-refractivity contribution in [2.75, 3.05) is 5.32 Å². The van der Waals surface area contributed by atoms with Crippen molar-refractivity contribution in [2.45, 2.75) is 33.2 Å². The smallest absolute Gasteiger partial charge is 0.257 e. The Hall–Kier alpha value is -2.92. The maximum absolute atomic E-state index is 12.5. The highest BCUT2D eigenvalue weighted by Gasteiger charge is 2.12. The number of halogens is 1. The molecule has 2 heterocycles. The van der Waals surface area contributed by atoms with E-state index in [2.05, 4.69) is 40.5 Å². The third kappa shape index (κ3) is 6.03. The van der Waals surface area contributed by atoms with Gasteiger partial charge in [0.25, 0.3) is 5.91 Å². The predicted octanol–water partition coefficient (Wildman–Crippen LogP) is 5.37. The lowest BCUT2D eigenvalue weighted by Crippen LogP contribution is -2.19. The first kappa shape index (κ1) is 20.8. The molecule has 0 radical (unpaired) electrons. The van der Waals surface area contributed by atoms with Crippen molar-refractivity contribution in [3.05, 3.63) is 83.5 Å². The number of amides is 1. The van der Waals surface area contributed by atoms with Crippen molar-refractivity contribution in [1.82, 2.24) is 10.3 Å². The number of nitrogens with one attached hydrogen (secondary N) is 2. The second-order valence-corrected chi connectivity index (χ2v) is 7.69. The van der Waals surface area contributed by atoms with Crippen LogP contribution in [0.25, 0.3) is 0 Å². The number of hydrogen-bond donors (Lipinski definition) is 2. The van der Waals surface area contributed by atoms with Crippen LogP contribution in [0.2, 0.25) is 0 Å². The van der Waals surface area contributed by atoms with E-state index in [1.165, 1.54) is 0 Å². The van der Waals surface area contributed by atoms with Crippen molar-refractivity contribution in [3.63, 3.8) is 0 Å². The van der Waals surface area contributed by atoms with Gasteiger partial charge in [-0.15, -0.1) is 0 Å². The van der Waals surface area contributed by atoms with Crippen LogP contribution in [0.1, 0.15) is 47.8 Å². The van der Waals surface area contributed by atoms with Crippen LogP contribution in [0.5, 0.6) is 0 Å². The minimum absolute atomic E-state index is 0.0115. The highest BCUT2D eigenvalue weighted by atomic mass is 35.5. The van der Waals surface area contributed by atoms with Crippen LogP contribution < -0.4 is 10.6 Å². The van der Waals surface area contributed by atoms with Gasteiger partial charge in [-0.3, -0.25) is 9.78 Å². The van der Waals surface area contributed by atoms with Crippen LogP contribution in [-0.2, 0) is 0 Å². The molecule has 1 aromatic carbocycles. The summed E-state index contributed by atoms with van der Waals surface area (Å²) in [5.74, 6) is 0.932. The number of carbonyl (C=O) groups is 1. The fourth-order valence-electron chi connectivity index (χ4n) is 3.06. The molecule has 1 aromatic heterocycles. The molecule has 2 aromatic rings. The van der Waals surface area contributed by atoms with Crippen LogP contribution in [0, 0.1) is 12.8 Å². The molecule has 0 fully saturated rings. The van der Waals surface area contributed by atoms with Gasteiger partial charge in [-0.1, -0.05) is 36.7 Å². The summed E-state index contributed by atoms with van der Waals surface area (Å²) in [6.07, 6.45) is 10.1. The van der Waals surface area contributed by atoms with E-state index in [1.54, 1.807) is 12.4 Å². The summed E-state index contributed by atoms with van der Waals surface area (Å²) in [6.45, 7) is 6.10. The molecule has 0 spiro atoms.